The maximum absolute atomic E-state index is 2.67. The summed E-state index contributed by atoms with van der Waals surface area (Å²) in [5.74, 6) is 6.40. The van der Waals surface area contributed by atoms with Crippen LogP contribution in [0, 0.1) is 57.2 Å². The van der Waals surface area contributed by atoms with Gasteiger partial charge in [-0.1, -0.05) is 41.5 Å². The van der Waals surface area contributed by atoms with Crippen molar-refractivity contribution in [2.45, 2.75) is 73.6 Å². The molecule has 0 heteroatoms. The number of fused-ring (bicyclic) bond motifs is 11. The molecule has 0 N–H and O–H groups in total. The summed E-state index contributed by atoms with van der Waals surface area (Å²) >= 11 is 0. The summed E-state index contributed by atoms with van der Waals surface area (Å²) in [6, 6.07) is 0. The molecular weight excluding hydrogens is 252 g/mol. The van der Waals surface area contributed by atoms with Gasteiger partial charge in [-0.05, 0) is 89.3 Å². The van der Waals surface area contributed by atoms with Gasteiger partial charge in [-0.3, -0.25) is 0 Å². The lowest BCUT2D eigenvalue weighted by Crippen LogP contribution is -2.36. The van der Waals surface area contributed by atoms with E-state index in [9.17, 15) is 0 Å². The monoisotopic (exact) mass is 286 g/mol. The normalized spacial score (nSPS) is 64.9. The highest BCUT2D eigenvalue weighted by Gasteiger charge is 2.77. The molecule has 0 aliphatic heterocycles. The fraction of sp³-hybridized carbons (Fsp3) is 1.00. The van der Waals surface area contributed by atoms with Gasteiger partial charge in [-0.25, -0.2) is 0 Å². The highest BCUT2D eigenvalue weighted by molar-refractivity contribution is 5.25. The molecule has 8 unspecified atom stereocenters. The molecule has 21 heavy (non-hydrogen) atoms. The lowest BCUT2D eigenvalue weighted by Gasteiger charge is -2.43. The molecule has 0 heterocycles. The third kappa shape index (κ3) is 1.07. The zero-order valence-corrected chi connectivity index (χ0v) is 15.0. The van der Waals surface area contributed by atoms with Crippen LogP contribution >= 0.6 is 0 Å². The van der Waals surface area contributed by atoms with Crippen LogP contribution in [0.3, 0.4) is 0 Å². The van der Waals surface area contributed by atoms with Crippen LogP contribution in [0.15, 0.2) is 0 Å². The number of hydrogen-bond donors (Lipinski definition) is 0. The first kappa shape index (κ1) is 13.4. The van der Waals surface area contributed by atoms with Crippen LogP contribution in [-0.2, 0) is 0 Å². The van der Waals surface area contributed by atoms with E-state index in [0.29, 0.717) is 21.7 Å². The second-order valence-electron chi connectivity index (χ2n) is 11.2. The van der Waals surface area contributed by atoms with Crippen molar-refractivity contribution >= 4 is 0 Å². The van der Waals surface area contributed by atoms with Gasteiger partial charge in [0.25, 0.3) is 0 Å². The van der Waals surface area contributed by atoms with Crippen molar-refractivity contribution in [3.8, 4) is 0 Å². The first-order chi connectivity index (χ1) is 9.66. The molecule has 5 rings (SSSR count). The molecular formula is C21H34. The first-order valence-electron chi connectivity index (χ1n) is 9.66. The highest BCUT2D eigenvalue weighted by Crippen LogP contribution is 2.83. The topological polar surface area (TPSA) is 0 Å². The summed E-state index contributed by atoms with van der Waals surface area (Å²) in [5.41, 5.74) is 2.54. The van der Waals surface area contributed by atoms with Gasteiger partial charge in [0, 0.05) is 0 Å². The Kier molecular flexibility index (Phi) is 2.09. The van der Waals surface area contributed by atoms with E-state index in [1.807, 2.05) is 0 Å². The van der Waals surface area contributed by atoms with Gasteiger partial charge in [0.1, 0.15) is 0 Å². The smallest absolute Gasteiger partial charge is 0.0240 e. The molecule has 0 saturated heterocycles. The Morgan fingerprint density at radius 1 is 0.571 bits per heavy atom. The van der Waals surface area contributed by atoms with E-state index < -0.39 is 0 Å². The Morgan fingerprint density at radius 2 is 0.952 bits per heavy atom. The van der Waals surface area contributed by atoms with Crippen LogP contribution in [-0.4, -0.2) is 0 Å². The van der Waals surface area contributed by atoms with E-state index in [-0.39, 0.29) is 0 Å². The maximum Gasteiger partial charge on any atom is -0.0240 e. The predicted molar refractivity (Wildman–Crippen MR) is 87.8 cm³/mol. The standard InChI is InChI=1S/C21H34/c1-18(2)12-7-9-20(18,5)14-11-15-17(16(12)14)13-8-10-21(15,6)19(13,3)4/h12-17H,7-11H2,1-6H3. The summed E-state index contributed by atoms with van der Waals surface area (Å²) in [6.45, 7) is 15.8. The predicted octanol–water partition coefficient (Wildman–Crippen LogP) is 5.77. The van der Waals surface area contributed by atoms with Crippen molar-refractivity contribution in [1.29, 1.82) is 0 Å². The van der Waals surface area contributed by atoms with Crippen LogP contribution in [0.2, 0.25) is 0 Å². The molecule has 0 radical (unpaired) electrons. The van der Waals surface area contributed by atoms with Crippen LogP contribution < -0.4 is 0 Å². The van der Waals surface area contributed by atoms with Crippen molar-refractivity contribution in [3.05, 3.63) is 0 Å². The maximum atomic E-state index is 2.67. The van der Waals surface area contributed by atoms with E-state index >= 15 is 0 Å². The summed E-state index contributed by atoms with van der Waals surface area (Å²) in [4.78, 5) is 0. The van der Waals surface area contributed by atoms with Crippen molar-refractivity contribution in [1.82, 2.24) is 0 Å². The van der Waals surface area contributed by atoms with Gasteiger partial charge >= 0.3 is 0 Å². The molecule has 8 atom stereocenters. The fourth-order valence-electron chi connectivity index (χ4n) is 9.39. The average Bonchev–Trinajstić information content (AvgIpc) is 3.03. The molecule has 0 aromatic carbocycles. The molecule has 0 spiro atoms. The van der Waals surface area contributed by atoms with Gasteiger partial charge in [0.2, 0.25) is 0 Å². The molecule has 0 aromatic heterocycles. The van der Waals surface area contributed by atoms with Crippen LogP contribution in [0.25, 0.3) is 0 Å². The SMILES string of the molecule is CC1(C)C2CCC1(C)C1CC3C(C21)C1CCC3(C)C1(C)C. The minimum absolute atomic E-state index is 0.611. The van der Waals surface area contributed by atoms with E-state index in [2.05, 4.69) is 41.5 Å². The fourth-order valence-corrected chi connectivity index (χ4v) is 9.39. The lowest BCUT2D eigenvalue weighted by molar-refractivity contribution is 0.0563. The second kappa shape index (κ2) is 3.27. The van der Waals surface area contributed by atoms with E-state index in [1.54, 1.807) is 6.42 Å². The van der Waals surface area contributed by atoms with Gasteiger partial charge in [0.05, 0.1) is 0 Å². The second-order valence-corrected chi connectivity index (χ2v) is 11.2. The third-order valence-electron chi connectivity index (χ3n) is 11.2. The Morgan fingerprint density at radius 3 is 1.33 bits per heavy atom. The molecule has 5 saturated carbocycles. The Bertz CT molecular complexity index is 468. The molecule has 0 amide bonds. The molecule has 118 valence electrons. The zero-order chi connectivity index (χ0) is 15.0. The lowest BCUT2D eigenvalue weighted by atomic mass is 9.62. The van der Waals surface area contributed by atoms with Crippen molar-refractivity contribution < 1.29 is 0 Å². The number of hydrogen-bond acceptors (Lipinski definition) is 0. The van der Waals surface area contributed by atoms with Gasteiger partial charge in [0.15, 0.2) is 0 Å². The number of rotatable bonds is 0. The minimum atomic E-state index is 0.611. The molecule has 5 aliphatic rings. The largest absolute Gasteiger partial charge is 0.0591 e. The molecule has 5 fully saturated rings. The molecule has 5 aliphatic carbocycles. The molecule has 4 bridgehead atoms. The van der Waals surface area contributed by atoms with Crippen molar-refractivity contribution in [3.63, 3.8) is 0 Å². The Labute approximate surface area is 131 Å². The van der Waals surface area contributed by atoms with Crippen LogP contribution in [0.4, 0.5) is 0 Å². The quantitative estimate of drug-likeness (QED) is 0.530. The van der Waals surface area contributed by atoms with E-state index in [4.69, 9.17) is 0 Å². The third-order valence-corrected chi connectivity index (χ3v) is 11.2. The summed E-state index contributed by atoms with van der Waals surface area (Å²) in [7, 11) is 0. The Balaban J connectivity index is 1.63. The van der Waals surface area contributed by atoms with Gasteiger partial charge in [-0.2, -0.15) is 0 Å². The average molecular weight is 287 g/mol. The summed E-state index contributed by atoms with van der Waals surface area (Å²) in [5, 5.41) is 0. The Hall–Kier alpha value is 0. The highest BCUT2D eigenvalue weighted by atomic mass is 14.8. The summed E-state index contributed by atoms with van der Waals surface area (Å²) in [6.07, 6.45) is 7.71. The summed E-state index contributed by atoms with van der Waals surface area (Å²) < 4.78 is 0. The molecule has 0 nitrogen and oxygen atoms in total. The van der Waals surface area contributed by atoms with Crippen LogP contribution in [0.1, 0.15) is 73.6 Å². The molecule has 0 aromatic rings. The zero-order valence-electron chi connectivity index (χ0n) is 15.0. The van der Waals surface area contributed by atoms with E-state index in [1.165, 1.54) is 25.7 Å². The first-order valence-corrected chi connectivity index (χ1v) is 9.66. The minimum Gasteiger partial charge on any atom is -0.0591 e. The van der Waals surface area contributed by atoms with Crippen molar-refractivity contribution in [2.24, 2.45) is 57.2 Å². The van der Waals surface area contributed by atoms with Crippen LogP contribution in [0.5, 0.6) is 0 Å². The van der Waals surface area contributed by atoms with Gasteiger partial charge in [-0.15, -0.1) is 0 Å². The van der Waals surface area contributed by atoms with Crippen molar-refractivity contribution in [2.75, 3.05) is 0 Å². The van der Waals surface area contributed by atoms with Gasteiger partial charge < -0.3 is 0 Å². The van der Waals surface area contributed by atoms with E-state index in [0.717, 1.165) is 35.5 Å².